The maximum absolute atomic E-state index is 12.8. The highest BCUT2D eigenvalue weighted by Gasteiger charge is 2.34. The van der Waals surface area contributed by atoms with Crippen molar-refractivity contribution in [3.8, 4) is 5.75 Å². The van der Waals surface area contributed by atoms with Gasteiger partial charge in [0.15, 0.2) is 0 Å². The molecule has 0 fully saturated rings. The van der Waals surface area contributed by atoms with E-state index in [1.165, 1.54) is 12.1 Å². The number of halogens is 3. The molecule has 1 heterocycles. The minimum atomic E-state index is -4.49. The van der Waals surface area contributed by atoms with Gasteiger partial charge in [-0.15, -0.1) is 0 Å². The number of nitrogens with two attached hydrogens (primary N) is 1. The zero-order valence-corrected chi connectivity index (χ0v) is 10.8. The van der Waals surface area contributed by atoms with E-state index in [1.807, 2.05) is 0 Å². The second-order valence-corrected chi connectivity index (χ2v) is 4.37. The van der Waals surface area contributed by atoms with Crippen molar-refractivity contribution < 1.29 is 17.9 Å². The number of hydrogen-bond donors (Lipinski definition) is 1. The van der Waals surface area contributed by atoms with Crippen LogP contribution in [0.15, 0.2) is 30.6 Å². The van der Waals surface area contributed by atoms with Crippen LogP contribution in [0.25, 0.3) is 0 Å². The molecule has 1 aromatic carbocycles. The molecule has 7 heteroatoms. The summed E-state index contributed by atoms with van der Waals surface area (Å²) in [6, 6.07) is 3.50. The molecule has 2 rings (SSSR count). The Labute approximate surface area is 114 Å². The molecule has 2 N–H and O–H groups in total. The summed E-state index contributed by atoms with van der Waals surface area (Å²) in [6.07, 6.45) is -0.567. The predicted octanol–water partition coefficient (Wildman–Crippen LogP) is 2.64. The third kappa shape index (κ3) is 3.43. The van der Waals surface area contributed by atoms with E-state index in [2.05, 4.69) is 5.10 Å². The van der Waals surface area contributed by atoms with Gasteiger partial charge in [-0.2, -0.15) is 18.3 Å². The maximum atomic E-state index is 12.8. The van der Waals surface area contributed by atoms with Gasteiger partial charge in [0.05, 0.1) is 18.4 Å². The number of nitrogens with zero attached hydrogens (tertiary/aromatic N) is 2. The van der Waals surface area contributed by atoms with Gasteiger partial charge in [0.25, 0.3) is 0 Å². The molecule has 4 nitrogen and oxygen atoms in total. The highest BCUT2D eigenvalue weighted by atomic mass is 19.4. The molecule has 108 valence electrons. The molecule has 1 aromatic heterocycles. The normalized spacial score (nSPS) is 11.6. The highest BCUT2D eigenvalue weighted by Crippen LogP contribution is 2.37. The number of aromatic nitrogens is 2. The first kappa shape index (κ1) is 14.2. The van der Waals surface area contributed by atoms with Crippen molar-refractivity contribution in [2.45, 2.75) is 12.6 Å². The third-order valence-corrected chi connectivity index (χ3v) is 2.72. The lowest BCUT2D eigenvalue weighted by Gasteiger charge is -2.14. The van der Waals surface area contributed by atoms with E-state index in [0.717, 1.165) is 11.6 Å². The Bertz CT molecular complexity index is 593. The van der Waals surface area contributed by atoms with Gasteiger partial charge in [-0.1, -0.05) is 0 Å². The number of ether oxygens (including phenoxy) is 1. The Morgan fingerprint density at radius 1 is 1.35 bits per heavy atom. The zero-order valence-electron chi connectivity index (χ0n) is 10.8. The molecule has 0 amide bonds. The van der Waals surface area contributed by atoms with E-state index in [4.69, 9.17) is 10.5 Å². The average Bonchev–Trinajstić information content (AvgIpc) is 2.76. The lowest BCUT2D eigenvalue weighted by atomic mass is 10.1. The van der Waals surface area contributed by atoms with E-state index in [0.29, 0.717) is 6.42 Å². The van der Waals surface area contributed by atoms with Crippen molar-refractivity contribution in [2.75, 3.05) is 12.3 Å². The summed E-state index contributed by atoms with van der Waals surface area (Å²) in [5.74, 6) is -0.212. The maximum Gasteiger partial charge on any atom is 0.420 e. The molecule has 0 aliphatic carbocycles. The molecule has 0 radical (unpaired) electrons. The first-order valence-corrected chi connectivity index (χ1v) is 5.93. The summed E-state index contributed by atoms with van der Waals surface area (Å²) in [4.78, 5) is 0. The number of hydrogen-bond acceptors (Lipinski definition) is 3. The molecule has 0 aliphatic heterocycles. The lowest BCUT2D eigenvalue weighted by Crippen LogP contribution is -2.11. The van der Waals surface area contributed by atoms with Crippen LogP contribution in [0, 0.1) is 0 Å². The Morgan fingerprint density at radius 3 is 2.70 bits per heavy atom. The van der Waals surface area contributed by atoms with Crippen LogP contribution in [0.2, 0.25) is 0 Å². The van der Waals surface area contributed by atoms with Gasteiger partial charge in [-0.05, 0) is 23.8 Å². The quantitative estimate of drug-likeness (QED) is 0.879. The number of anilines is 1. The summed E-state index contributed by atoms with van der Waals surface area (Å²) >= 11 is 0. The van der Waals surface area contributed by atoms with Crippen molar-refractivity contribution in [2.24, 2.45) is 7.05 Å². The van der Waals surface area contributed by atoms with Crippen molar-refractivity contribution in [1.29, 1.82) is 0 Å². The van der Waals surface area contributed by atoms with Crippen molar-refractivity contribution in [1.82, 2.24) is 9.78 Å². The van der Waals surface area contributed by atoms with Crippen LogP contribution in [-0.2, 0) is 19.6 Å². The van der Waals surface area contributed by atoms with Crippen LogP contribution in [0.1, 0.15) is 11.1 Å². The summed E-state index contributed by atoms with van der Waals surface area (Å²) < 4.78 is 45.3. The van der Waals surface area contributed by atoms with Crippen molar-refractivity contribution in [3.05, 3.63) is 41.7 Å². The minimum Gasteiger partial charge on any atom is -0.493 e. The fraction of sp³-hybridized carbons (Fsp3) is 0.308. The van der Waals surface area contributed by atoms with Gasteiger partial charge in [0, 0.05) is 25.4 Å². The standard InChI is InChI=1S/C13H14F3N3O/c1-19-8-9(7-18-19)4-5-20-12-3-2-10(17)6-11(12)13(14,15)16/h2-3,6-8H,4-5,17H2,1H3. The van der Waals surface area contributed by atoms with Crippen LogP contribution in [0.5, 0.6) is 5.75 Å². The fourth-order valence-corrected chi connectivity index (χ4v) is 1.77. The average molecular weight is 285 g/mol. The first-order chi connectivity index (χ1) is 9.36. The third-order valence-electron chi connectivity index (χ3n) is 2.72. The molecule has 0 spiro atoms. The molecule has 0 bridgehead atoms. The van der Waals surface area contributed by atoms with E-state index >= 15 is 0 Å². The van der Waals surface area contributed by atoms with Gasteiger partial charge in [0.2, 0.25) is 0 Å². The Morgan fingerprint density at radius 2 is 2.10 bits per heavy atom. The number of nitrogen functional groups attached to an aromatic ring is 1. The topological polar surface area (TPSA) is 53.1 Å². The molecular weight excluding hydrogens is 271 g/mol. The molecule has 0 unspecified atom stereocenters. The molecule has 0 aliphatic rings. The second kappa shape index (κ2) is 5.44. The van der Waals surface area contributed by atoms with Gasteiger partial charge >= 0.3 is 6.18 Å². The first-order valence-electron chi connectivity index (χ1n) is 5.93. The number of benzene rings is 1. The van der Waals surface area contributed by atoms with Crippen LogP contribution >= 0.6 is 0 Å². The number of rotatable bonds is 4. The van der Waals surface area contributed by atoms with E-state index < -0.39 is 11.7 Å². The molecular formula is C13H14F3N3O. The molecule has 0 atom stereocenters. The smallest absolute Gasteiger partial charge is 0.420 e. The highest BCUT2D eigenvalue weighted by molar-refractivity contribution is 5.49. The number of alkyl halides is 3. The molecule has 0 saturated heterocycles. The minimum absolute atomic E-state index is 0.0527. The van der Waals surface area contributed by atoms with Crippen molar-refractivity contribution >= 4 is 5.69 Å². The van der Waals surface area contributed by atoms with E-state index in [-0.39, 0.29) is 18.0 Å². The van der Waals surface area contributed by atoms with E-state index in [1.54, 1.807) is 24.1 Å². The molecule has 2 aromatic rings. The monoisotopic (exact) mass is 285 g/mol. The Kier molecular flexibility index (Phi) is 3.87. The van der Waals surface area contributed by atoms with Crippen LogP contribution in [-0.4, -0.2) is 16.4 Å². The molecule has 20 heavy (non-hydrogen) atoms. The molecule has 0 saturated carbocycles. The second-order valence-electron chi connectivity index (χ2n) is 4.37. The van der Waals surface area contributed by atoms with Gasteiger partial charge in [-0.25, -0.2) is 0 Å². The van der Waals surface area contributed by atoms with Crippen LogP contribution in [0.4, 0.5) is 18.9 Å². The largest absolute Gasteiger partial charge is 0.493 e. The zero-order chi connectivity index (χ0) is 14.8. The van der Waals surface area contributed by atoms with Gasteiger partial charge in [-0.3, -0.25) is 4.68 Å². The summed E-state index contributed by atoms with van der Waals surface area (Å²) in [5, 5.41) is 3.98. The lowest BCUT2D eigenvalue weighted by molar-refractivity contribution is -0.138. The van der Waals surface area contributed by atoms with Crippen LogP contribution in [0.3, 0.4) is 0 Å². The number of aryl methyl sites for hydroxylation is 1. The SMILES string of the molecule is Cn1cc(CCOc2ccc(N)cc2C(F)(F)F)cn1. The van der Waals surface area contributed by atoms with Gasteiger partial charge in [0.1, 0.15) is 5.75 Å². The van der Waals surface area contributed by atoms with Crippen molar-refractivity contribution in [3.63, 3.8) is 0 Å². The predicted molar refractivity (Wildman–Crippen MR) is 68.3 cm³/mol. The van der Waals surface area contributed by atoms with Crippen LogP contribution < -0.4 is 10.5 Å². The Hall–Kier alpha value is -2.18. The summed E-state index contributed by atoms with van der Waals surface area (Å²) in [5.41, 5.74) is 5.47. The summed E-state index contributed by atoms with van der Waals surface area (Å²) in [7, 11) is 1.77. The summed E-state index contributed by atoms with van der Waals surface area (Å²) in [6.45, 7) is 0.138. The van der Waals surface area contributed by atoms with E-state index in [9.17, 15) is 13.2 Å². The van der Waals surface area contributed by atoms with Gasteiger partial charge < -0.3 is 10.5 Å². The fourth-order valence-electron chi connectivity index (χ4n) is 1.77. The Balaban J connectivity index is 2.06.